The van der Waals surface area contributed by atoms with Crippen LogP contribution in [0.4, 0.5) is 8.78 Å². The van der Waals surface area contributed by atoms with Crippen LogP contribution in [0.5, 0.6) is 0 Å². The van der Waals surface area contributed by atoms with E-state index in [2.05, 4.69) is 5.32 Å². The Hall–Kier alpha value is -0.260. The highest BCUT2D eigenvalue weighted by molar-refractivity contribution is 4.65. The monoisotopic (exact) mass is 183 g/mol. The molecule has 5 heteroatoms. The van der Waals surface area contributed by atoms with Crippen molar-refractivity contribution in [2.75, 3.05) is 20.3 Å². The Kier molecular flexibility index (Phi) is 6.14. The van der Waals surface area contributed by atoms with Crippen LogP contribution in [0.25, 0.3) is 0 Å². The van der Waals surface area contributed by atoms with Crippen LogP contribution in [0.3, 0.4) is 0 Å². The molecule has 3 nitrogen and oxygen atoms in total. The van der Waals surface area contributed by atoms with Crippen molar-refractivity contribution in [1.82, 2.24) is 5.32 Å². The number of aliphatic hydroxyl groups excluding tert-OH is 1. The number of rotatable bonds is 6. The van der Waals surface area contributed by atoms with E-state index in [0.717, 1.165) is 0 Å². The molecule has 0 aromatic heterocycles. The molecule has 0 aliphatic carbocycles. The summed E-state index contributed by atoms with van der Waals surface area (Å²) in [6, 6.07) is -0.0246. The minimum absolute atomic E-state index is 0.0246. The molecule has 12 heavy (non-hydrogen) atoms. The number of nitrogens with one attached hydrogen (secondary N) is 1. The zero-order valence-corrected chi connectivity index (χ0v) is 7.26. The number of hydrogen-bond acceptors (Lipinski definition) is 3. The van der Waals surface area contributed by atoms with Gasteiger partial charge in [0.1, 0.15) is 6.10 Å². The van der Waals surface area contributed by atoms with Gasteiger partial charge in [-0.1, -0.05) is 0 Å². The summed E-state index contributed by atoms with van der Waals surface area (Å²) in [6.07, 6.45) is -4.28. The second kappa shape index (κ2) is 6.28. The van der Waals surface area contributed by atoms with Crippen LogP contribution >= 0.6 is 0 Å². The smallest absolute Gasteiger partial charge is 0.265 e. The van der Waals surface area contributed by atoms with Crippen molar-refractivity contribution in [3.05, 3.63) is 0 Å². The zero-order chi connectivity index (χ0) is 9.56. The summed E-state index contributed by atoms with van der Waals surface area (Å²) in [5.74, 6) is 0. The number of halogens is 2. The molecule has 0 radical (unpaired) electrons. The molecule has 0 amide bonds. The summed E-state index contributed by atoms with van der Waals surface area (Å²) in [6.45, 7) is 2.12. The van der Waals surface area contributed by atoms with E-state index in [1.54, 1.807) is 6.92 Å². The first kappa shape index (κ1) is 11.7. The van der Waals surface area contributed by atoms with Gasteiger partial charge in [-0.05, 0) is 6.92 Å². The normalized spacial score (nSPS) is 16.5. The second-order valence-corrected chi connectivity index (χ2v) is 2.67. The molecule has 0 saturated carbocycles. The fourth-order valence-electron chi connectivity index (χ4n) is 0.720. The lowest BCUT2D eigenvalue weighted by molar-refractivity contribution is -0.00561. The SMILES string of the molecule is COCC(C)NCC(O)C(F)F. The predicted molar refractivity (Wildman–Crippen MR) is 41.4 cm³/mol. The van der Waals surface area contributed by atoms with Crippen LogP contribution in [0.15, 0.2) is 0 Å². The Bertz CT molecular complexity index is 114. The van der Waals surface area contributed by atoms with Gasteiger partial charge in [-0.25, -0.2) is 8.78 Å². The van der Waals surface area contributed by atoms with Gasteiger partial charge in [0.2, 0.25) is 0 Å². The first-order valence-electron chi connectivity index (χ1n) is 3.76. The quantitative estimate of drug-likeness (QED) is 0.619. The largest absolute Gasteiger partial charge is 0.386 e. The Morgan fingerprint density at radius 3 is 2.50 bits per heavy atom. The standard InChI is InChI=1S/C7H15F2NO2/c1-5(4-12-2)10-3-6(11)7(8)9/h5-7,10-11H,3-4H2,1-2H3. The number of alkyl halides is 2. The first-order chi connectivity index (χ1) is 5.57. The molecule has 2 atom stereocenters. The van der Waals surface area contributed by atoms with Crippen molar-refractivity contribution < 1.29 is 18.6 Å². The molecule has 0 aromatic rings. The van der Waals surface area contributed by atoms with E-state index in [1.165, 1.54) is 7.11 Å². The van der Waals surface area contributed by atoms with Crippen molar-refractivity contribution in [3.63, 3.8) is 0 Å². The van der Waals surface area contributed by atoms with Gasteiger partial charge in [0.25, 0.3) is 6.43 Å². The molecule has 74 valence electrons. The minimum Gasteiger partial charge on any atom is -0.386 e. The molecular weight excluding hydrogens is 168 g/mol. The van der Waals surface area contributed by atoms with Crippen LogP contribution in [-0.2, 0) is 4.74 Å². The molecule has 0 bridgehead atoms. The summed E-state index contributed by atoms with van der Waals surface area (Å²) in [4.78, 5) is 0. The van der Waals surface area contributed by atoms with Crippen LogP contribution in [0.1, 0.15) is 6.92 Å². The van der Waals surface area contributed by atoms with E-state index in [-0.39, 0.29) is 12.6 Å². The molecule has 2 unspecified atom stereocenters. The lowest BCUT2D eigenvalue weighted by Crippen LogP contribution is -2.39. The summed E-state index contributed by atoms with van der Waals surface area (Å²) < 4.78 is 28.3. The summed E-state index contributed by atoms with van der Waals surface area (Å²) in [7, 11) is 1.53. The van der Waals surface area contributed by atoms with Crippen LogP contribution in [0, 0.1) is 0 Å². The van der Waals surface area contributed by atoms with Gasteiger partial charge in [0.05, 0.1) is 6.61 Å². The molecule has 0 aliphatic heterocycles. The number of methoxy groups -OCH3 is 1. The first-order valence-corrected chi connectivity index (χ1v) is 3.76. The summed E-state index contributed by atoms with van der Waals surface area (Å²) >= 11 is 0. The Morgan fingerprint density at radius 2 is 2.08 bits per heavy atom. The number of aliphatic hydroxyl groups is 1. The Morgan fingerprint density at radius 1 is 1.50 bits per heavy atom. The highest BCUT2D eigenvalue weighted by Gasteiger charge is 2.16. The van der Waals surface area contributed by atoms with Crippen molar-refractivity contribution >= 4 is 0 Å². The zero-order valence-electron chi connectivity index (χ0n) is 7.26. The number of ether oxygens (including phenoxy) is 1. The molecule has 0 aromatic carbocycles. The van der Waals surface area contributed by atoms with Gasteiger partial charge in [-0.2, -0.15) is 0 Å². The van der Waals surface area contributed by atoms with Gasteiger partial charge in [0, 0.05) is 19.7 Å². The third kappa shape index (κ3) is 5.40. The van der Waals surface area contributed by atoms with E-state index in [4.69, 9.17) is 9.84 Å². The van der Waals surface area contributed by atoms with Crippen molar-refractivity contribution in [1.29, 1.82) is 0 Å². The molecular formula is C7H15F2NO2. The Balaban J connectivity index is 3.40. The summed E-state index contributed by atoms with van der Waals surface area (Å²) in [5, 5.41) is 11.4. The maximum Gasteiger partial charge on any atom is 0.265 e. The fraction of sp³-hybridized carbons (Fsp3) is 1.00. The maximum absolute atomic E-state index is 11.7. The van der Waals surface area contributed by atoms with Crippen LogP contribution < -0.4 is 5.32 Å². The molecule has 0 aliphatic rings. The van der Waals surface area contributed by atoms with Gasteiger partial charge >= 0.3 is 0 Å². The van der Waals surface area contributed by atoms with Crippen LogP contribution in [-0.4, -0.2) is 43.9 Å². The molecule has 0 heterocycles. The fourth-order valence-corrected chi connectivity index (χ4v) is 0.720. The van der Waals surface area contributed by atoms with Gasteiger partial charge in [-0.15, -0.1) is 0 Å². The highest BCUT2D eigenvalue weighted by atomic mass is 19.3. The molecule has 0 spiro atoms. The summed E-state index contributed by atoms with van der Waals surface area (Å²) in [5.41, 5.74) is 0. The Labute approximate surface area is 70.7 Å². The molecule has 0 fully saturated rings. The van der Waals surface area contributed by atoms with E-state index in [0.29, 0.717) is 6.61 Å². The van der Waals surface area contributed by atoms with Crippen molar-refractivity contribution in [2.24, 2.45) is 0 Å². The van der Waals surface area contributed by atoms with E-state index in [9.17, 15) is 8.78 Å². The van der Waals surface area contributed by atoms with E-state index >= 15 is 0 Å². The van der Waals surface area contributed by atoms with Crippen LogP contribution in [0.2, 0.25) is 0 Å². The average Bonchev–Trinajstić information content (AvgIpc) is 2.00. The van der Waals surface area contributed by atoms with Gasteiger partial charge in [-0.3, -0.25) is 0 Å². The van der Waals surface area contributed by atoms with Crippen molar-refractivity contribution in [2.45, 2.75) is 25.5 Å². The van der Waals surface area contributed by atoms with Crippen molar-refractivity contribution in [3.8, 4) is 0 Å². The second-order valence-electron chi connectivity index (χ2n) is 2.67. The minimum atomic E-state index is -2.69. The predicted octanol–water partition coefficient (Wildman–Crippen LogP) is 0.237. The molecule has 0 rings (SSSR count). The van der Waals surface area contributed by atoms with E-state index in [1.807, 2.05) is 0 Å². The average molecular weight is 183 g/mol. The highest BCUT2D eigenvalue weighted by Crippen LogP contribution is 1.98. The number of hydrogen-bond donors (Lipinski definition) is 2. The van der Waals surface area contributed by atoms with E-state index < -0.39 is 12.5 Å². The topological polar surface area (TPSA) is 41.5 Å². The van der Waals surface area contributed by atoms with Gasteiger partial charge < -0.3 is 15.2 Å². The lowest BCUT2D eigenvalue weighted by atomic mass is 10.3. The molecule has 0 saturated heterocycles. The lowest BCUT2D eigenvalue weighted by Gasteiger charge is -2.15. The van der Waals surface area contributed by atoms with Gasteiger partial charge in [0.15, 0.2) is 0 Å². The third-order valence-electron chi connectivity index (χ3n) is 1.38. The maximum atomic E-state index is 11.7. The third-order valence-corrected chi connectivity index (χ3v) is 1.38. The molecule has 2 N–H and O–H groups in total.